The maximum Gasteiger partial charge on any atom is 0.491 e. The zero-order valence-corrected chi connectivity index (χ0v) is 12.0. The number of aliphatic hydroxyl groups is 1. The minimum absolute atomic E-state index is 0.722. The largest absolute Gasteiger partial charge is 0.491 e. The van der Waals surface area contributed by atoms with Crippen LogP contribution in [0.1, 0.15) is 33.3 Å². The van der Waals surface area contributed by atoms with Crippen molar-refractivity contribution in [2.45, 2.75) is 45.3 Å². The molecule has 3 N–H and O–H groups in total. The molecule has 1 aromatic carbocycles. The highest BCUT2D eigenvalue weighted by Crippen LogP contribution is 2.26. The topological polar surface area (TPSA) is 61.7 Å². The molecular formula is C14H22BNO3. The van der Waals surface area contributed by atoms with Crippen LogP contribution in [0.5, 0.6) is 0 Å². The van der Waals surface area contributed by atoms with Crippen LogP contribution in [0, 0.1) is 0 Å². The van der Waals surface area contributed by atoms with Gasteiger partial charge in [-0.15, -0.1) is 0 Å². The summed E-state index contributed by atoms with van der Waals surface area (Å²) in [7, 11) is -1.03. The maximum atomic E-state index is 10.2. The van der Waals surface area contributed by atoms with Crippen molar-refractivity contribution in [1.29, 1.82) is 0 Å². The van der Waals surface area contributed by atoms with Gasteiger partial charge in [0.05, 0.1) is 11.2 Å². The van der Waals surface area contributed by atoms with Gasteiger partial charge in [0.2, 0.25) is 0 Å². The molecule has 104 valence electrons. The third-order valence-electron chi connectivity index (χ3n) is 4.00. The number of nitrogens with one attached hydrogen (secondary N) is 1. The van der Waals surface area contributed by atoms with E-state index in [0.717, 1.165) is 24.1 Å². The smallest absolute Gasteiger partial charge is 0.423 e. The Morgan fingerprint density at radius 3 is 2.58 bits per heavy atom. The minimum Gasteiger partial charge on any atom is -0.423 e. The number of benzene rings is 1. The van der Waals surface area contributed by atoms with Crippen LogP contribution in [0.25, 0.3) is 0 Å². The lowest BCUT2D eigenvalue weighted by molar-refractivity contribution is -0.0982. The molecule has 0 aliphatic carbocycles. The van der Waals surface area contributed by atoms with Crippen molar-refractivity contribution in [3.63, 3.8) is 0 Å². The summed E-state index contributed by atoms with van der Waals surface area (Å²) in [5.74, 6) is 0. The number of rotatable bonds is 4. The first-order valence-corrected chi connectivity index (χ1v) is 6.66. The summed E-state index contributed by atoms with van der Waals surface area (Å²) in [6.45, 7) is 7.82. The van der Waals surface area contributed by atoms with E-state index in [1.54, 1.807) is 27.7 Å². The first kappa shape index (κ1) is 14.4. The molecule has 19 heavy (non-hydrogen) atoms. The molecule has 0 amide bonds. The average molecular weight is 263 g/mol. The summed E-state index contributed by atoms with van der Waals surface area (Å²) in [5, 5.41) is 23.5. The zero-order chi connectivity index (χ0) is 14.3. The van der Waals surface area contributed by atoms with Gasteiger partial charge in [-0.05, 0) is 51.2 Å². The van der Waals surface area contributed by atoms with Crippen molar-refractivity contribution in [2.24, 2.45) is 0 Å². The highest BCUT2D eigenvalue weighted by molar-refractivity contribution is 6.60. The molecular weight excluding hydrogens is 241 g/mol. The summed E-state index contributed by atoms with van der Waals surface area (Å²) in [6, 6.07) is 5.77. The van der Waals surface area contributed by atoms with Crippen LogP contribution < -0.4 is 10.8 Å². The van der Waals surface area contributed by atoms with E-state index >= 15 is 0 Å². The molecule has 0 aromatic heterocycles. The standard InChI is InChI=1S/C14H22BNO3/c1-13(2,17)14(3,4)19-15(18)11-5-6-12-10(9-11)7-8-16-12/h5-6,9,16-18H,7-8H2,1-4H3. The van der Waals surface area contributed by atoms with E-state index in [1.165, 1.54) is 5.56 Å². The lowest BCUT2D eigenvalue weighted by Gasteiger charge is -2.38. The Morgan fingerprint density at radius 1 is 1.26 bits per heavy atom. The van der Waals surface area contributed by atoms with E-state index in [0.29, 0.717) is 0 Å². The quantitative estimate of drug-likeness (QED) is 0.706. The third kappa shape index (κ3) is 2.94. The van der Waals surface area contributed by atoms with Crippen LogP contribution in [0.15, 0.2) is 18.2 Å². The molecule has 0 bridgehead atoms. The molecule has 4 nitrogen and oxygen atoms in total. The lowest BCUT2D eigenvalue weighted by Crippen LogP contribution is -2.53. The molecule has 0 spiro atoms. The highest BCUT2D eigenvalue weighted by atomic mass is 16.5. The molecule has 5 heteroatoms. The predicted octanol–water partition coefficient (Wildman–Crippen LogP) is 0.908. The lowest BCUT2D eigenvalue weighted by atomic mass is 9.76. The molecule has 0 saturated carbocycles. The van der Waals surface area contributed by atoms with E-state index < -0.39 is 18.3 Å². The summed E-state index contributed by atoms with van der Waals surface area (Å²) in [6.07, 6.45) is 0.963. The highest BCUT2D eigenvalue weighted by Gasteiger charge is 2.39. The second-order valence-electron chi connectivity index (χ2n) is 6.13. The summed E-state index contributed by atoms with van der Waals surface area (Å²) in [4.78, 5) is 0. The molecule has 0 atom stereocenters. The van der Waals surface area contributed by atoms with Crippen molar-refractivity contribution in [1.82, 2.24) is 0 Å². The number of fused-ring (bicyclic) bond motifs is 1. The fraction of sp³-hybridized carbons (Fsp3) is 0.571. The molecule has 0 unspecified atom stereocenters. The minimum atomic E-state index is -1.04. The van der Waals surface area contributed by atoms with Gasteiger partial charge in [-0.25, -0.2) is 0 Å². The van der Waals surface area contributed by atoms with E-state index in [1.807, 2.05) is 18.2 Å². The number of anilines is 1. The third-order valence-corrected chi connectivity index (χ3v) is 4.00. The molecule has 1 aliphatic rings. The molecule has 0 fully saturated rings. The molecule has 0 saturated heterocycles. The van der Waals surface area contributed by atoms with Crippen LogP contribution in [-0.2, 0) is 11.1 Å². The SMILES string of the molecule is CC(C)(O)C(C)(C)OB(O)c1ccc2c(c1)CCN2. The molecule has 1 aliphatic heterocycles. The fourth-order valence-corrected chi connectivity index (χ4v) is 1.97. The monoisotopic (exact) mass is 263 g/mol. The molecule has 2 rings (SSSR count). The van der Waals surface area contributed by atoms with Gasteiger partial charge in [0.1, 0.15) is 0 Å². The van der Waals surface area contributed by atoms with Gasteiger partial charge < -0.3 is 20.1 Å². The van der Waals surface area contributed by atoms with Crippen LogP contribution in [-0.4, -0.2) is 35.0 Å². The van der Waals surface area contributed by atoms with Crippen molar-refractivity contribution < 1.29 is 14.8 Å². The zero-order valence-electron chi connectivity index (χ0n) is 12.0. The Labute approximate surface area is 114 Å². The number of hydrogen-bond acceptors (Lipinski definition) is 4. The van der Waals surface area contributed by atoms with Crippen molar-refractivity contribution in [3.05, 3.63) is 23.8 Å². The van der Waals surface area contributed by atoms with Gasteiger partial charge in [0.15, 0.2) is 0 Å². The van der Waals surface area contributed by atoms with Crippen molar-refractivity contribution >= 4 is 18.3 Å². The Hall–Kier alpha value is -1.04. The van der Waals surface area contributed by atoms with Gasteiger partial charge in [-0.2, -0.15) is 0 Å². The van der Waals surface area contributed by atoms with E-state index in [-0.39, 0.29) is 0 Å². The Balaban J connectivity index is 2.14. The predicted molar refractivity (Wildman–Crippen MR) is 77.7 cm³/mol. The normalized spacial score (nSPS) is 15.1. The second kappa shape index (κ2) is 4.82. The first-order chi connectivity index (χ1) is 8.71. The van der Waals surface area contributed by atoms with Gasteiger partial charge in [0.25, 0.3) is 0 Å². The Bertz CT molecular complexity index is 468. The Kier molecular flexibility index (Phi) is 3.64. The van der Waals surface area contributed by atoms with Crippen molar-refractivity contribution in [2.75, 3.05) is 11.9 Å². The molecule has 0 radical (unpaired) electrons. The Morgan fingerprint density at radius 2 is 1.95 bits per heavy atom. The summed E-state index contributed by atoms with van der Waals surface area (Å²) in [5.41, 5.74) is 1.16. The molecule has 1 heterocycles. The van der Waals surface area contributed by atoms with Crippen LogP contribution in [0.2, 0.25) is 0 Å². The van der Waals surface area contributed by atoms with Crippen LogP contribution in [0.4, 0.5) is 5.69 Å². The van der Waals surface area contributed by atoms with E-state index in [4.69, 9.17) is 4.65 Å². The molecule has 1 aromatic rings. The van der Waals surface area contributed by atoms with Gasteiger partial charge in [-0.1, -0.05) is 12.1 Å². The second-order valence-corrected chi connectivity index (χ2v) is 6.13. The van der Waals surface area contributed by atoms with Gasteiger partial charge in [-0.3, -0.25) is 0 Å². The average Bonchev–Trinajstić information content (AvgIpc) is 2.73. The van der Waals surface area contributed by atoms with Crippen LogP contribution >= 0.6 is 0 Å². The first-order valence-electron chi connectivity index (χ1n) is 6.66. The fourth-order valence-electron chi connectivity index (χ4n) is 1.97. The van der Waals surface area contributed by atoms with Crippen LogP contribution in [0.3, 0.4) is 0 Å². The van der Waals surface area contributed by atoms with Crippen molar-refractivity contribution in [3.8, 4) is 0 Å². The maximum absolute atomic E-state index is 10.2. The number of hydrogen-bond donors (Lipinski definition) is 3. The van der Waals surface area contributed by atoms with E-state index in [9.17, 15) is 10.1 Å². The van der Waals surface area contributed by atoms with Gasteiger partial charge in [0, 0.05) is 12.2 Å². The summed E-state index contributed by atoms with van der Waals surface area (Å²) >= 11 is 0. The van der Waals surface area contributed by atoms with E-state index in [2.05, 4.69) is 5.32 Å². The van der Waals surface area contributed by atoms with Gasteiger partial charge >= 0.3 is 7.12 Å². The summed E-state index contributed by atoms with van der Waals surface area (Å²) < 4.78 is 5.63.